The summed E-state index contributed by atoms with van der Waals surface area (Å²) in [5.41, 5.74) is 2.58. The van der Waals surface area contributed by atoms with Gasteiger partial charge in [-0.1, -0.05) is 24.3 Å². The van der Waals surface area contributed by atoms with E-state index in [1.807, 2.05) is 10.6 Å². The van der Waals surface area contributed by atoms with Crippen LogP contribution in [-0.4, -0.2) is 25.6 Å². The first-order valence-corrected chi connectivity index (χ1v) is 13.5. The van der Waals surface area contributed by atoms with Gasteiger partial charge >= 0.3 is 5.97 Å². The molecule has 3 aromatic carbocycles. The molecule has 5 aromatic rings. The van der Waals surface area contributed by atoms with E-state index in [0.717, 1.165) is 18.9 Å². The molecule has 10 heteroatoms. The van der Waals surface area contributed by atoms with Gasteiger partial charge in [0, 0.05) is 30.2 Å². The predicted octanol–water partition coefficient (Wildman–Crippen LogP) is 6.42. The third-order valence-corrected chi connectivity index (χ3v) is 7.60. The van der Waals surface area contributed by atoms with Crippen molar-refractivity contribution in [2.75, 3.05) is 0 Å². The highest BCUT2D eigenvalue weighted by Crippen LogP contribution is 2.47. The smallest absolute Gasteiger partial charge is 0.335 e. The number of halogens is 2. The van der Waals surface area contributed by atoms with Crippen molar-refractivity contribution in [1.29, 1.82) is 10.5 Å². The number of carboxylic acids is 1. The third kappa shape index (κ3) is 5.64. The van der Waals surface area contributed by atoms with Gasteiger partial charge in [-0.2, -0.15) is 10.5 Å². The first-order valence-electron chi connectivity index (χ1n) is 13.5. The van der Waals surface area contributed by atoms with Gasteiger partial charge in [-0.25, -0.2) is 23.5 Å². The molecule has 1 saturated carbocycles. The molecule has 43 heavy (non-hydrogen) atoms. The Hall–Kier alpha value is -5.61. The van der Waals surface area contributed by atoms with E-state index >= 15 is 4.39 Å². The van der Waals surface area contributed by atoms with E-state index < -0.39 is 23.0 Å². The Morgan fingerprint density at radius 1 is 0.977 bits per heavy atom. The van der Waals surface area contributed by atoms with E-state index in [-0.39, 0.29) is 35.6 Å². The topological polar surface area (TPSA) is 125 Å². The number of carbonyl (C=O) groups is 1. The number of nitrogens with zero attached hydrogens (tertiary/aromatic N) is 5. The molecule has 2 aromatic heterocycles. The monoisotopic (exact) mass is 575 g/mol. The average Bonchev–Trinajstić information content (AvgIpc) is 3.72. The highest BCUT2D eigenvalue weighted by Gasteiger charge is 2.44. The number of hydrogen-bond acceptors (Lipinski definition) is 6. The summed E-state index contributed by atoms with van der Waals surface area (Å²) in [5.74, 6) is -1.33. The Morgan fingerprint density at radius 2 is 1.77 bits per heavy atom. The number of fused-ring (bicyclic) bond motifs is 1. The van der Waals surface area contributed by atoms with Crippen molar-refractivity contribution in [2.45, 2.75) is 32.4 Å². The second-order valence-corrected chi connectivity index (χ2v) is 10.6. The fraction of sp³-hybridized carbons (Fsp3) is 0.182. The van der Waals surface area contributed by atoms with Crippen molar-refractivity contribution in [3.63, 3.8) is 0 Å². The standard InChI is InChI=1S/C33H23F2N5O3/c34-25-12-20(16-36)4-5-24(25)17-43-31-3-1-2-27(39-31)22-7-6-21(26(35)13-22)15-30-38-28-9-8-23(32(41)42)14-29(28)40(30)19-33(18-37)10-11-33/h1-9,12-14H,10-11,15,17,19H2,(H,41,42). The fourth-order valence-electron chi connectivity index (χ4n) is 4.94. The molecule has 0 unspecified atom stereocenters. The van der Waals surface area contributed by atoms with E-state index in [0.29, 0.717) is 40.2 Å². The van der Waals surface area contributed by atoms with Crippen molar-refractivity contribution in [1.82, 2.24) is 14.5 Å². The highest BCUT2D eigenvalue weighted by molar-refractivity contribution is 5.92. The molecule has 0 radical (unpaired) electrons. The molecule has 0 bridgehead atoms. The number of imidazole rings is 1. The maximum Gasteiger partial charge on any atom is 0.335 e. The van der Waals surface area contributed by atoms with Crippen molar-refractivity contribution in [3.8, 4) is 29.3 Å². The highest BCUT2D eigenvalue weighted by atomic mass is 19.1. The number of pyridine rings is 1. The molecule has 0 aliphatic heterocycles. The largest absolute Gasteiger partial charge is 0.478 e. The summed E-state index contributed by atoms with van der Waals surface area (Å²) in [4.78, 5) is 20.7. The minimum Gasteiger partial charge on any atom is -0.478 e. The molecular weight excluding hydrogens is 552 g/mol. The van der Waals surface area contributed by atoms with E-state index in [9.17, 15) is 19.6 Å². The molecule has 1 aliphatic rings. The maximum atomic E-state index is 15.5. The van der Waals surface area contributed by atoms with Gasteiger partial charge in [0.15, 0.2) is 0 Å². The number of benzene rings is 3. The first kappa shape index (κ1) is 27.6. The molecular formula is C33H23F2N5O3. The number of aromatic nitrogens is 3. The quantitative estimate of drug-likeness (QED) is 0.215. The lowest BCUT2D eigenvalue weighted by molar-refractivity contribution is 0.0697. The number of nitriles is 2. The summed E-state index contributed by atoms with van der Waals surface area (Å²) >= 11 is 0. The molecule has 0 saturated heterocycles. The van der Waals surface area contributed by atoms with Crippen LogP contribution in [-0.2, 0) is 19.6 Å². The zero-order valence-electron chi connectivity index (χ0n) is 22.7. The van der Waals surface area contributed by atoms with Crippen LogP contribution in [0.25, 0.3) is 22.3 Å². The normalized spacial score (nSPS) is 13.3. The summed E-state index contributed by atoms with van der Waals surface area (Å²) in [6.07, 6.45) is 1.61. The Balaban J connectivity index is 1.24. The van der Waals surface area contributed by atoms with Gasteiger partial charge in [-0.15, -0.1) is 0 Å². The zero-order chi connectivity index (χ0) is 30.1. The van der Waals surface area contributed by atoms with Crippen molar-refractivity contribution in [3.05, 3.63) is 113 Å². The number of carboxylic acid groups (broad SMARTS) is 1. The number of hydrogen-bond donors (Lipinski definition) is 1. The Labute approximate surface area is 245 Å². The maximum absolute atomic E-state index is 15.5. The lowest BCUT2D eigenvalue weighted by atomic mass is 10.0. The number of aromatic carboxylic acids is 1. The van der Waals surface area contributed by atoms with E-state index in [1.54, 1.807) is 36.4 Å². The minimum absolute atomic E-state index is 0.0939. The van der Waals surface area contributed by atoms with Crippen LogP contribution in [0.1, 0.15) is 45.7 Å². The van der Waals surface area contributed by atoms with Crippen LogP contribution < -0.4 is 4.74 Å². The predicted molar refractivity (Wildman–Crippen MR) is 152 cm³/mol. The third-order valence-electron chi connectivity index (χ3n) is 7.60. The van der Waals surface area contributed by atoms with Gasteiger partial charge in [0.1, 0.15) is 24.1 Å². The Morgan fingerprint density at radius 3 is 2.47 bits per heavy atom. The minimum atomic E-state index is -1.07. The van der Waals surface area contributed by atoms with Gasteiger partial charge in [0.25, 0.3) is 0 Å². The lowest BCUT2D eigenvalue weighted by Gasteiger charge is -2.13. The van der Waals surface area contributed by atoms with Gasteiger partial charge in [0.05, 0.1) is 45.4 Å². The Kier molecular flexibility index (Phi) is 7.04. The van der Waals surface area contributed by atoms with Crippen LogP contribution in [0, 0.1) is 39.7 Å². The molecule has 6 rings (SSSR count). The molecule has 0 atom stereocenters. The van der Waals surface area contributed by atoms with Crippen LogP contribution in [0.5, 0.6) is 5.88 Å². The van der Waals surface area contributed by atoms with Crippen LogP contribution in [0.15, 0.2) is 72.8 Å². The summed E-state index contributed by atoms with van der Waals surface area (Å²) < 4.78 is 37.2. The zero-order valence-corrected chi connectivity index (χ0v) is 22.7. The van der Waals surface area contributed by atoms with Crippen molar-refractivity contribution < 1.29 is 23.4 Å². The van der Waals surface area contributed by atoms with Gasteiger partial charge < -0.3 is 14.4 Å². The lowest BCUT2D eigenvalue weighted by Crippen LogP contribution is -2.13. The number of ether oxygens (including phenoxy) is 1. The Bertz CT molecular complexity index is 1990. The molecule has 0 spiro atoms. The van der Waals surface area contributed by atoms with Gasteiger partial charge in [-0.3, -0.25) is 0 Å². The van der Waals surface area contributed by atoms with Crippen LogP contribution in [0.2, 0.25) is 0 Å². The van der Waals surface area contributed by atoms with Crippen molar-refractivity contribution >= 4 is 17.0 Å². The van der Waals surface area contributed by atoms with E-state index in [1.165, 1.54) is 30.3 Å². The molecule has 2 heterocycles. The second-order valence-electron chi connectivity index (χ2n) is 10.6. The molecule has 1 N–H and O–H groups in total. The van der Waals surface area contributed by atoms with E-state index in [2.05, 4.69) is 16.0 Å². The van der Waals surface area contributed by atoms with Crippen LogP contribution in [0.4, 0.5) is 8.78 Å². The SMILES string of the molecule is N#Cc1ccc(COc2cccc(-c3ccc(Cc4nc5ccc(C(=O)O)cc5n4CC4(C#N)CC4)c(F)c3)n2)c(F)c1. The van der Waals surface area contributed by atoms with Gasteiger partial charge in [-0.05, 0) is 60.9 Å². The number of rotatable bonds is 9. The van der Waals surface area contributed by atoms with Crippen LogP contribution in [0.3, 0.4) is 0 Å². The molecule has 8 nitrogen and oxygen atoms in total. The first-order chi connectivity index (χ1) is 20.8. The second kappa shape index (κ2) is 11.0. The summed E-state index contributed by atoms with van der Waals surface area (Å²) in [6.45, 7) is 0.254. The summed E-state index contributed by atoms with van der Waals surface area (Å²) in [7, 11) is 0. The fourth-order valence-corrected chi connectivity index (χ4v) is 4.94. The molecule has 212 valence electrons. The van der Waals surface area contributed by atoms with Crippen LogP contribution >= 0.6 is 0 Å². The van der Waals surface area contributed by atoms with Crippen molar-refractivity contribution in [2.24, 2.45) is 5.41 Å². The summed E-state index contributed by atoms with van der Waals surface area (Å²) in [5, 5.41) is 28.1. The average molecular weight is 576 g/mol. The van der Waals surface area contributed by atoms with Gasteiger partial charge in [0.2, 0.25) is 5.88 Å². The molecule has 1 aliphatic carbocycles. The molecule has 0 amide bonds. The molecule has 1 fully saturated rings. The summed E-state index contributed by atoms with van der Waals surface area (Å²) in [6, 6.07) is 22.8. The van der Waals surface area contributed by atoms with E-state index in [4.69, 9.17) is 10.00 Å².